The Morgan fingerprint density at radius 3 is 2.43 bits per heavy atom. The first-order valence-corrected chi connectivity index (χ1v) is 16.1. The molecule has 44 heavy (non-hydrogen) atoms. The molecule has 0 aliphatic carbocycles. The van der Waals surface area contributed by atoms with Crippen molar-refractivity contribution in [3.63, 3.8) is 0 Å². The highest BCUT2D eigenvalue weighted by Gasteiger charge is 2.79. The Bertz CT molecular complexity index is 1440. The van der Waals surface area contributed by atoms with Gasteiger partial charge in [-0.05, 0) is 55.0 Å². The summed E-state index contributed by atoms with van der Waals surface area (Å²) in [7, 11) is 0. The lowest BCUT2D eigenvalue weighted by atomic mass is 9.66. The standard InChI is InChI=1S/C36H47N3O5/c1-7-19-37(20-8-2)32(41)29-30-33(42)39(28(23-40)24(5)10-4)31(36(30)18-17-35(29,6)44-36)34(43)38(21-9-3)27-16-15-25-13-11-12-14-26(25)22-27/h7,9,11-16,22,24,28-31,40H,1,3,8,10,17-21,23H2,2,4-6H3/t24-,28-,29+,30-,31?,35-,36?/m0/s1. The van der Waals surface area contributed by atoms with Crippen LogP contribution in [0.25, 0.3) is 10.8 Å². The number of rotatable bonds is 13. The second-order valence-corrected chi connectivity index (χ2v) is 13.0. The molecule has 2 aromatic rings. The fourth-order valence-electron chi connectivity index (χ4n) is 8.05. The van der Waals surface area contributed by atoms with E-state index in [4.69, 9.17) is 4.74 Å². The van der Waals surface area contributed by atoms with Gasteiger partial charge >= 0.3 is 0 Å². The molecule has 0 radical (unpaired) electrons. The number of ether oxygens (including phenoxy) is 1. The number of fused-ring (bicyclic) bond motifs is 2. The largest absolute Gasteiger partial charge is 0.394 e. The Balaban J connectivity index is 1.64. The van der Waals surface area contributed by atoms with Gasteiger partial charge in [-0.1, -0.05) is 69.7 Å². The van der Waals surface area contributed by atoms with E-state index >= 15 is 4.79 Å². The molecule has 3 aliphatic heterocycles. The molecule has 3 saturated heterocycles. The summed E-state index contributed by atoms with van der Waals surface area (Å²) in [5.41, 5.74) is -1.38. The zero-order chi connectivity index (χ0) is 31.8. The van der Waals surface area contributed by atoms with Gasteiger partial charge in [-0.2, -0.15) is 0 Å². The number of hydrogen-bond acceptors (Lipinski definition) is 5. The van der Waals surface area contributed by atoms with Gasteiger partial charge in [0.05, 0.1) is 30.1 Å². The summed E-state index contributed by atoms with van der Waals surface area (Å²) >= 11 is 0. The number of amides is 3. The van der Waals surface area contributed by atoms with Crippen LogP contribution in [0.15, 0.2) is 67.8 Å². The van der Waals surface area contributed by atoms with Crippen molar-refractivity contribution in [1.29, 1.82) is 0 Å². The van der Waals surface area contributed by atoms with Gasteiger partial charge in [0.1, 0.15) is 11.6 Å². The van der Waals surface area contributed by atoms with Gasteiger partial charge in [0.25, 0.3) is 5.91 Å². The smallest absolute Gasteiger partial charge is 0.253 e. The van der Waals surface area contributed by atoms with E-state index in [-0.39, 0.29) is 36.8 Å². The maximum absolute atomic E-state index is 15.0. The molecule has 3 amide bonds. The SMILES string of the molecule is C=CCN(CCC)C(=O)[C@H]1[C@H]2C(=O)N([C@@H](CO)[C@@H](C)CC)C(C(=O)N(CC=C)c3ccc4ccccc4c3)C23CC[C@]1(C)O3. The molecule has 7 atom stereocenters. The van der Waals surface area contributed by atoms with Crippen LogP contribution in [0.4, 0.5) is 5.69 Å². The molecular weight excluding hydrogens is 554 g/mol. The molecule has 236 valence electrons. The van der Waals surface area contributed by atoms with Gasteiger partial charge < -0.3 is 24.5 Å². The number of benzene rings is 2. The van der Waals surface area contributed by atoms with Crippen molar-refractivity contribution in [3.05, 3.63) is 67.8 Å². The van der Waals surface area contributed by atoms with E-state index in [1.165, 1.54) is 0 Å². The fourth-order valence-corrected chi connectivity index (χ4v) is 8.05. The molecule has 3 aliphatic rings. The summed E-state index contributed by atoms with van der Waals surface area (Å²) in [6, 6.07) is 12.2. The first kappa shape index (κ1) is 31.9. The molecule has 1 N–H and O–H groups in total. The molecule has 1 spiro atoms. The summed E-state index contributed by atoms with van der Waals surface area (Å²) in [4.78, 5) is 49.1. The molecular formula is C36H47N3O5. The van der Waals surface area contributed by atoms with E-state index in [0.29, 0.717) is 38.0 Å². The monoisotopic (exact) mass is 601 g/mol. The minimum absolute atomic E-state index is 0.0812. The van der Waals surface area contributed by atoms with Crippen molar-refractivity contribution >= 4 is 34.2 Å². The Labute approximate surface area is 261 Å². The molecule has 3 fully saturated rings. The van der Waals surface area contributed by atoms with E-state index in [2.05, 4.69) is 13.2 Å². The third-order valence-corrected chi connectivity index (χ3v) is 10.3. The lowest BCUT2D eigenvalue weighted by molar-refractivity contribution is -0.153. The molecule has 3 heterocycles. The number of hydrogen-bond donors (Lipinski definition) is 1. The van der Waals surface area contributed by atoms with Crippen molar-refractivity contribution in [2.45, 2.75) is 76.7 Å². The second-order valence-electron chi connectivity index (χ2n) is 13.0. The molecule has 0 aromatic heterocycles. The van der Waals surface area contributed by atoms with Crippen molar-refractivity contribution in [3.8, 4) is 0 Å². The predicted octanol–water partition coefficient (Wildman–Crippen LogP) is 4.96. The first-order valence-electron chi connectivity index (χ1n) is 16.1. The predicted molar refractivity (Wildman–Crippen MR) is 173 cm³/mol. The van der Waals surface area contributed by atoms with Crippen LogP contribution < -0.4 is 4.90 Å². The topological polar surface area (TPSA) is 90.4 Å². The number of nitrogens with zero attached hydrogens (tertiary/aromatic N) is 3. The maximum atomic E-state index is 15.0. The third-order valence-electron chi connectivity index (χ3n) is 10.3. The highest BCUT2D eigenvalue weighted by atomic mass is 16.5. The van der Waals surface area contributed by atoms with Crippen LogP contribution >= 0.6 is 0 Å². The summed E-state index contributed by atoms with van der Waals surface area (Å²) < 4.78 is 6.90. The summed E-state index contributed by atoms with van der Waals surface area (Å²) in [5.74, 6) is -2.35. The van der Waals surface area contributed by atoms with E-state index in [1.807, 2.05) is 70.2 Å². The number of carbonyl (C=O) groups is 3. The minimum Gasteiger partial charge on any atom is -0.394 e. The molecule has 2 unspecified atom stereocenters. The zero-order valence-corrected chi connectivity index (χ0v) is 26.6. The molecule has 0 saturated carbocycles. The van der Waals surface area contributed by atoms with Gasteiger partial charge in [-0.25, -0.2) is 0 Å². The van der Waals surface area contributed by atoms with Crippen molar-refractivity contribution in [2.24, 2.45) is 17.8 Å². The minimum atomic E-state index is -1.19. The van der Waals surface area contributed by atoms with Crippen LogP contribution in [0.1, 0.15) is 53.4 Å². The fraction of sp³-hybridized carbons (Fsp3) is 0.528. The van der Waals surface area contributed by atoms with Crippen molar-refractivity contribution in [1.82, 2.24) is 9.80 Å². The highest BCUT2D eigenvalue weighted by Crippen LogP contribution is 2.64. The quantitative estimate of drug-likeness (QED) is 0.328. The molecule has 8 heteroatoms. The summed E-state index contributed by atoms with van der Waals surface area (Å²) in [5, 5.41) is 12.7. The number of carbonyl (C=O) groups excluding carboxylic acids is 3. The molecule has 2 aromatic carbocycles. The average Bonchev–Trinajstić information content (AvgIpc) is 3.59. The Hall–Kier alpha value is -3.49. The highest BCUT2D eigenvalue weighted by molar-refractivity contribution is 6.06. The third kappa shape index (κ3) is 4.96. The molecule has 2 bridgehead atoms. The number of anilines is 1. The number of aliphatic hydroxyl groups excluding tert-OH is 1. The van der Waals surface area contributed by atoms with E-state index in [1.54, 1.807) is 26.9 Å². The van der Waals surface area contributed by atoms with Crippen LogP contribution in [0.5, 0.6) is 0 Å². The summed E-state index contributed by atoms with van der Waals surface area (Å²) in [6.07, 6.45) is 5.90. The van der Waals surface area contributed by atoms with E-state index in [9.17, 15) is 14.7 Å². The average molecular weight is 602 g/mol. The van der Waals surface area contributed by atoms with Crippen molar-refractivity contribution < 1.29 is 24.2 Å². The maximum Gasteiger partial charge on any atom is 0.253 e. The van der Waals surface area contributed by atoms with Crippen LogP contribution in [-0.2, 0) is 19.1 Å². The second kappa shape index (κ2) is 12.5. The number of aliphatic hydroxyl groups is 1. The molecule has 5 rings (SSSR count). The van der Waals surface area contributed by atoms with E-state index in [0.717, 1.165) is 17.2 Å². The summed E-state index contributed by atoms with van der Waals surface area (Å²) in [6.45, 7) is 16.6. The van der Waals surface area contributed by atoms with Gasteiger partial charge in [-0.3, -0.25) is 14.4 Å². The molecule has 8 nitrogen and oxygen atoms in total. The van der Waals surface area contributed by atoms with Gasteiger partial charge in [0.2, 0.25) is 11.8 Å². The van der Waals surface area contributed by atoms with Gasteiger partial charge in [0.15, 0.2) is 0 Å². The van der Waals surface area contributed by atoms with Crippen molar-refractivity contribution in [2.75, 3.05) is 31.1 Å². The van der Waals surface area contributed by atoms with Crippen LogP contribution in [0, 0.1) is 17.8 Å². The van der Waals surface area contributed by atoms with Crippen LogP contribution in [-0.4, -0.2) is 82.2 Å². The Morgan fingerprint density at radius 1 is 1.09 bits per heavy atom. The normalized spacial score (nSPS) is 28.5. The Kier molecular flexibility index (Phi) is 9.06. The van der Waals surface area contributed by atoms with E-state index < -0.39 is 35.1 Å². The lowest BCUT2D eigenvalue weighted by Gasteiger charge is -2.41. The Morgan fingerprint density at radius 2 is 1.80 bits per heavy atom. The first-order chi connectivity index (χ1) is 21.1. The van der Waals surface area contributed by atoms with Crippen LogP contribution in [0.2, 0.25) is 0 Å². The number of likely N-dealkylation sites (tertiary alicyclic amines) is 1. The zero-order valence-electron chi connectivity index (χ0n) is 26.6. The van der Waals surface area contributed by atoms with Gasteiger partial charge in [-0.15, -0.1) is 13.2 Å². The van der Waals surface area contributed by atoms with Crippen LogP contribution in [0.3, 0.4) is 0 Å². The van der Waals surface area contributed by atoms with Gasteiger partial charge in [0, 0.05) is 25.3 Å². The lowest BCUT2D eigenvalue weighted by Crippen LogP contribution is -2.60.